The molecule has 2 heteroatoms. The van der Waals surface area contributed by atoms with Gasteiger partial charge in [-0.3, -0.25) is 0 Å². The highest BCUT2D eigenvalue weighted by Crippen LogP contribution is 2.23. The predicted molar refractivity (Wildman–Crippen MR) is 55.8 cm³/mol. The molecule has 0 atom stereocenters. The number of nitrogen functional groups attached to an aromatic ring is 1. The van der Waals surface area contributed by atoms with Crippen LogP contribution in [-0.4, -0.2) is 13.7 Å². The zero-order valence-corrected chi connectivity index (χ0v) is 8.50. The molecule has 0 unspecified atom stereocenters. The second-order valence-corrected chi connectivity index (χ2v) is 3.94. The van der Waals surface area contributed by atoms with Crippen molar-refractivity contribution in [2.24, 2.45) is 0 Å². The van der Waals surface area contributed by atoms with E-state index in [0.29, 0.717) is 0 Å². The largest absolute Gasteiger partial charge is 0.399 e. The highest BCUT2D eigenvalue weighted by Gasteiger charge is 2.19. The molecule has 2 N–H and O–H groups in total. The van der Waals surface area contributed by atoms with E-state index in [-0.39, 0.29) is 5.41 Å². The molecule has 0 aliphatic rings. The zero-order chi connectivity index (χ0) is 9.90. The van der Waals surface area contributed by atoms with Crippen LogP contribution in [0.5, 0.6) is 0 Å². The van der Waals surface area contributed by atoms with Gasteiger partial charge in [0.15, 0.2) is 0 Å². The van der Waals surface area contributed by atoms with Gasteiger partial charge < -0.3 is 10.5 Å². The molecule has 1 rings (SSSR count). The fourth-order valence-corrected chi connectivity index (χ4v) is 1.38. The molecule has 0 radical (unpaired) electrons. The van der Waals surface area contributed by atoms with Crippen molar-refractivity contribution in [2.45, 2.75) is 19.3 Å². The molecule has 0 fully saturated rings. The quantitative estimate of drug-likeness (QED) is 0.722. The molecule has 0 saturated heterocycles. The van der Waals surface area contributed by atoms with Gasteiger partial charge >= 0.3 is 0 Å². The lowest BCUT2D eigenvalue weighted by molar-refractivity contribution is 0.146. The van der Waals surface area contributed by atoms with Crippen LogP contribution in [0.15, 0.2) is 24.3 Å². The van der Waals surface area contributed by atoms with Crippen LogP contribution in [0.3, 0.4) is 0 Å². The number of rotatable bonds is 3. The lowest BCUT2D eigenvalue weighted by Gasteiger charge is -2.24. The van der Waals surface area contributed by atoms with Gasteiger partial charge in [0.1, 0.15) is 0 Å². The summed E-state index contributed by atoms with van der Waals surface area (Å²) < 4.78 is 5.16. The number of ether oxygens (including phenoxy) is 1. The lowest BCUT2D eigenvalue weighted by Crippen LogP contribution is -2.23. The van der Waals surface area contributed by atoms with Gasteiger partial charge in [0, 0.05) is 18.2 Å². The Morgan fingerprint density at radius 3 is 2.23 bits per heavy atom. The van der Waals surface area contributed by atoms with Crippen molar-refractivity contribution in [3.05, 3.63) is 29.8 Å². The van der Waals surface area contributed by atoms with Crippen LogP contribution < -0.4 is 5.73 Å². The van der Waals surface area contributed by atoms with Crippen molar-refractivity contribution < 1.29 is 4.74 Å². The van der Waals surface area contributed by atoms with Crippen LogP contribution >= 0.6 is 0 Å². The van der Waals surface area contributed by atoms with E-state index >= 15 is 0 Å². The fraction of sp³-hybridized carbons (Fsp3) is 0.455. The maximum absolute atomic E-state index is 5.61. The molecule has 13 heavy (non-hydrogen) atoms. The summed E-state index contributed by atoms with van der Waals surface area (Å²) in [6.45, 7) is 5.03. The molecule has 1 aromatic carbocycles. The van der Waals surface area contributed by atoms with Crippen molar-refractivity contribution in [2.75, 3.05) is 19.5 Å². The number of methoxy groups -OCH3 is 1. The highest BCUT2D eigenvalue weighted by molar-refractivity contribution is 5.41. The number of benzene rings is 1. The molecule has 0 saturated carbocycles. The Bertz CT molecular complexity index is 264. The molecule has 0 bridgehead atoms. The first-order valence-electron chi connectivity index (χ1n) is 4.41. The third kappa shape index (κ3) is 2.46. The molecular weight excluding hydrogens is 162 g/mol. The second-order valence-electron chi connectivity index (χ2n) is 3.94. The van der Waals surface area contributed by atoms with Crippen LogP contribution in [0.2, 0.25) is 0 Å². The number of nitrogens with two attached hydrogens (primary N) is 1. The third-order valence-corrected chi connectivity index (χ3v) is 2.20. The normalized spacial score (nSPS) is 11.6. The summed E-state index contributed by atoms with van der Waals surface area (Å²) in [6, 6.07) is 7.95. The van der Waals surface area contributed by atoms with E-state index in [9.17, 15) is 0 Å². The summed E-state index contributed by atoms with van der Waals surface area (Å²) in [5, 5.41) is 0. The van der Waals surface area contributed by atoms with Gasteiger partial charge in [-0.1, -0.05) is 26.0 Å². The molecule has 2 nitrogen and oxygen atoms in total. The summed E-state index contributed by atoms with van der Waals surface area (Å²) in [4.78, 5) is 0. The first kappa shape index (κ1) is 10.1. The maximum Gasteiger partial charge on any atom is 0.0553 e. The van der Waals surface area contributed by atoms with Crippen LogP contribution in [-0.2, 0) is 10.2 Å². The van der Waals surface area contributed by atoms with Crippen LogP contribution in [0.1, 0.15) is 19.4 Å². The molecule has 0 spiro atoms. The molecule has 0 heterocycles. The number of hydrogen-bond acceptors (Lipinski definition) is 2. The summed E-state index contributed by atoms with van der Waals surface area (Å²) >= 11 is 0. The maximum atomic E-state index is 5.61. The fourth-order valence-electron chi connectivity index (χ4n) is 1.38. The Morgan fingerprint density at radius 1 is 1.23 bits per heavy atom. The SMILES string of the molecule is COCC(C)(C)c1ccc(N)cc1. The summed E-state index contributed by atoms with van der Waals surface area (Å²) in [5.41, 5.74) is 7.73. The Hall–Kier alpha value is -1.02. The average molecular weight is 179 g/mol. The van der Waals surface area contributed by atoms with Gasteiger partial charge in [0.2, 0.25) is 0 Å². The second kappa shape index (κ2) is 3.79. The Morgan fingerprint density at radius 2 is 1.77 bits per heavy atom. The van der Waals surface area contributed by atoms with E-state index in [0.717, 1.165) is 12.3 Å². The third-order valence-electron chi connectivity index (χ3n) is 2.20. The topological polar surface area (TPSA) is 35.2 Å². The minimum Gasteiger partial charge on any atom is -0.399 e. The summed E-state index contributed by atoms with van der Waals surface area (Å²) in [6.07, 6.45) is 0. The van der Waals surface area contributed by atoms with Gasteiger partial charge in [-0.15, -0.1) is 0 Å². The first-order valence-corrected chi connectivity index (χ1v) is 4.41. The number of anilines is 1. The van der Waals surface area contributed by atoms with Crippen molar-refractivity contribution in [3.63, 3.8) is 0 Å². The van der Waals surface area contributed by atoms with Crippen LogP contribution in [0.25, 0.3) is 0 Å². The van der Waals surface area contributed by atoms with Gasteiger partial charge in [0.05, 0.1) is 6.61 Å². The van der Waals surface area contributed by atoms with Gasteiger partial charge in [-0.2, -0.15) is 0 Å². The standard InChI is InChI=1S/C11H17NO/c1-11(2,8-13-3)9-4-6-10(12)7-5-9/h4-7H,8,12H2,1-3H3. The average Bonchev–Trinajstić information content (AvgIpc) is 2.05. The van der Waals surface area contributed by atoms with Gasteiger partial charge in [-0.05, 0) is 17.7 Å². The van der Waals surface area contributed by atoms with Crippen molar-refractivity contribution in [3.8, 4) is 0 Å². The predicted octanol–water partition coefficient (Wildman–Crippen LogP) is 2.19. The van der Waals surface area contributed by atoms with Gasteiger partial charge in [0.25, 0.3) is 0 Å². The molecule has 72 valence electrons. The molecule has 0 amide bonds. The highest BCUT2D eigenvalue weighted by atomic mass is 16.5. The van der Waals surface area contributed by atoms with E-state index in [1.165, 1.54) is 5.56 Å². The molecule has 0 aliphatic carbocycles. The Labute approximate surface area is 79.7 Å². The van der Waals surface area contributed by atoms with Gasteiger partial charge in [-0.25, -0.2) is 0 Å². The van der Waals surface area contributed by atoms with E-state index in [4.69, 9.17) is 10.5 Å². The van der Waals surface area contributed by atoms with Crippen molar-refractivity contribution in [1.82, 2.24) is 0 Å². The minimum atomic E-state index is 0.0580. The van der Waals surface area contributed by atoms with Crippen molar-refractivity contribution >= 4 is 5.69 Å². The molecule has 0 aliphatic heterocycles. The summed E-state index contributed by atoms with van der Waals surface area (Å²) in [7, 11) is 1.72. The first-order chi connectivity index (χ1) is 6.06. The van der Waals surface area contributed by atoms with E-state index < -0.39 is 0 Å². The molecule has 0 aromatic heterocycles. The lowest BCUT2D eigenvalue weighted by atomic mass is 9.85. The van der Waals surface area contributed by atoms with E-state index in [2.05, 4.69) is 13.8 Å². The Balaban J connectivity index is 2.87. The number of hydrogen-bond donors (Lipinski definition) is 1. The van der Waals surface area contributed by atoms with E-state index in [1.807, 2.05) is 24.3 Å². The van der Waals surface area contributed by atoms with E-state index in [1.54, 1.807) is 7.11 Å². The Kier molecular flexibility index (Phi) is 2.94. The smallest absolute Gasteiger partial charge is 0.0553 e. The zero-order valence-electron chi connectivity index (χ0n) is 8.50. The minimum absolute atomic E-state index is 0.0580. The molecule has 1 aromatic rings. The monoisotopic (exact) mass is 179 g/mol. The summed E-state index contributed by atoms with van der Waals surface area (Å²) in [5.74, 6) is 0. The van der Waals surface area contributed by atoms with Crippen molar-refractivity contribution in [1.29, 1.82) is 0 Å². The van der Waals surface area contributed by atoms with Crippen LogP contribution in [0, 0.1) is 0 Å². The molecular formula is C11H17NO. The van der Waals surface area contributed by atoms with Crippen LogP contribution in [0.4, 0.5) is 5.69 Å².